The van der Waals surface area contributed by atoms with E-state index < -0.39 is 17.8 Å². The van der Waals surface area contributed by atoms with Crippen molar-refractivity contribution in [2.24, 2.45) is 0 Å². The van der Waals surface area contributed by atoms with Crippen molar-refractivity contribution >= 4 is 23.8 Å². The second kappa shape index (κ2) is 7.21. The Kier molecular flexibility index (Phi) is 6.72. The van der Waals surface area contributed by atoms with Crippen molar-refractivity contribution in [1.29, 1.82) is 0 Å². The Labute approximate surface area is 105 Å². The van der Waals surface area contributed by atoms with Gasteiger partial charge in [-0.05, 0) is 20.8 Å². The van der Waals surface area contributed by atoms with Gasteiger partial charge in [-0.3, -0.25) is 0 Å². The summed E-state index contributed by atoms with van der Waals surface area (Å²) in [5, 5.41) is 10.8. The van der Waals surface area contributed by atoms with Crippen LogP contribution in [0.1, 0.15) is 27.2 Å². The number of carbonyl (C=O) groups excluding carboxylic acids is 1. The van der Waals surface area contributed by atoms with Crippen LogP contribution in [-0.2, 0) is 9.47 Å². The van der Waals surface area contributed by atoms with E-state index >= 15 is 0 Å². The lowest BCUT2D eigenvalue weighted by atomic mass is 10.2. The van der Waals surface area contributed by atoms with Crippen LogP contribution in [0, 0.1) is 0 Å². The number of alkyl halides is 1. The first kappa shape index (κ1) is 15.8. The van der Waals surface area contributed by atoms with Gasteiger partial charge in [0.25, 0.3) is 0 Å². The van der Waals surface area contributed by atoms with Crippen molar-refractivity contribution < 1.29 is 24.2 Å². The quantitative estimate of drug-likeness (QED) is 0.589. The molecule has 100 valence electrons. The fourth-order valence-electron chi connectivity index (χ4n) is 0.951. The second-order valence-electron chi connectivity index (χ2n) is 4.40. The zero-order valence-electron chi connectivity index (χ0n) is 10.2. The number of amides is 1. The summed E-state index contributed by atoms with van der Waals surface area (Å²) in [7, 11) is 0. The Balaban J connectivity index is 3.95. The Morgan fingerprint density at radius 2 is 2.00 bits per heavy atom. The normalized spacial score (nSPS) is 12.7. The van der Waals surface area contributed by atoms with E-state index in [1.54, 1.807) is 20.8 Å². The van der Waals surface area contributed by atoms with Crippen molar-refractivity contribution in [3.05, 3.63) is 0 Å². The maximum atomic E-state index is 11.4. The maximum absolute atomic E-state index is 11.4. The van der Waals surface area contributed by atoms with Gasteiger partial charge in [0.2, 0.25) is 0 Å². The highest BCUT2D eigenvalue weighted by Crippen LogP contribution is 2.07. The lowest BCUT2D eigenvalue weighted by Crippen LogP contribution is -2.40. The van der Waals surface area contributed by atoms with E-state index in [0.717, 1.165) is 0 Å². The SMILES string of the molecule is CC(C)(C)OC(=O)NC(CCl)CCOC(=O)O. The first-order chi connectivity index (χ1) is 7.74. The van der Waals surface area contributed by atoms with Gasteiger partial charge < -0.3 is 19.9 Å². The average molecular weight is 268 g/mol. The molecule has 0 saturated carbocycles. The third kappa shape index (κ3) is 9.74. The Hall–Kier alpha value is -1.17. The van der Waals surface area contributed by atoms with Gasteiger partial charge in [0, 0.05) is 18.3 Å². The number of ether oxygens (including phenoxy) is 2. The monoisotopic (exact) mass is 267 g/mol. The van der Waals surface area contributed by atoms with Crippen molar-refractivity contribution in [1.82, 2.24) is 5.32 Å². The molecule has 2 N–H and O–H groups in total. The first-order valence-corrected chi connectivity index (χ1v) is 5.69. The van der Waals surface area contributed by atoms with Crippen LogP contribution >= 0.6 is 11.6 Å². The minimum absolute atomic E-state index is 0.0253. The largest absolute Gasteiger partial charge is 0.505 e. The minimum atomic E-state index is -1.35. The highest BCUT2D eigenvalue weighted by Gasteiger charge is 2.19. The molecule has 0 fully saturated rings. The van der Waals surface area contributed by atoms with Crippen molar-refractivity contribution in [2.45, 2.75) is 38.8 Å². The molecule has 1 unspecified atom stereocenters. The predicted molar refractivity (Wildman–Crippen MR) is 62.5 cm³/mol. The summed E-state index contributed by atoms with van der Waals surface area (Å²) in [6, 6.07) is -0.383. The zero-order chi connectivity index (χ0) is 13.5. The summed E-state index contributed by atoms with van der Waals surface area (Å²) >= 11 is 5.62. The van der Waals surface area contributed by atoms with Gasteiger partial charge in [0.1, 0.15) is 5.60 Å². The van der Waals surface area contributed by atoms with Crippen LogP contribution in [0.15, 0.2) is 0 Å². The highest BCUT2D eigenvalue weighted by atomic mass is 35.5. The van der Waals surface area contributed by atoms with Crippen LogP contribution in [0.4, 0.5) is 9.59 Å². The maximum Gasteiger partial charge on any atom is 0.505 e. The van der Waals surface area contributed by atoms with Crippen molar-refractivity contribution in [3.63, 3.8) is 0 Å². The van der Waals surface area contributed by atoms with Crippen molar-refractivity contribution in [3.8, 4) is 0 Å². The predicted octanol–water partition coefficient (Wildman–Crippen LogP) is 2.20. The lowest BCUT2D eigenvalue weighted by Gasteiger charge is -2.22. The molecule has 6 nitrogen and oxygen atoms in total. The van der Waals surface area contributed by atoms with E-state index in [1.807, 2.05) is 0 Å². The standard InChI is InChI=1S/C10H18ClNO5/c1-10(2,3)17-8(13)12-7(6-11)4-5-16-9(14)15/h7H,4-6H2,1-3H3,(H,12,13)(H,14,15). The number of halogens is 1. The smallest absolute Gasteiger partial charge is 0.450 e. The summed E-state index contributed by atoms with van der Waals surface area (Å²) in [5.74, 6) is 0.155. The van der Waals surface area contributed by atoms with Gasteiger partial charge >= 0.3 is 12.2 Å². The fourth-order valence-corrected chi connectivity index (χ4v) is 1.18. The number of alkyl carbamates (subject to hydrolysis) is 1. The molecule has 0 radical (unpaired) electrons. The summed E-state index contributed by atoms with van der Waals surface area (Å²) in [6.45, 7) is 5.21. The zero-order valence-corrected chi connectivity index (χ0v) is 10.9. The van der Waals surface area contributed by atoms with Gasteiger partial charge in [-0.2, -0.15) is 0 Å². The Morgan fingerprint density at radius 1 is 1.41 bits per heavy atom. The topological polar surface area (TPSA) is 84.9 Å². The number of nitrogens with one attached hydrogen (secondary N) is 1. The van der Waals surface area contributed by atoms with E-state index in [2.05, 4.69) is 10.1 Å². The molecule has 0 bridgehead atoms. The van der Waals surface area contributed by atoms with Gasteiger partial charge in [0.05, 0.1) is 6.61 Å². The molecule has 0 heterocycles. The molecule has 1 amide bonds. The van der Waals surface area contributed by atoms with Gasteiger partial charge in [-0.25, -0.2) is 9.59 Å². The lowest BCUT2D eigenvalue weighted by molar-refractivity contribution is 0.0497. The molecule has 0 aliphatic heterocycles. The molecule has 0 saturated heterocycles. The molecule has 7 heteroatoms. The molecular weight excluding hydrogens is 250 g/mol. The van der Waals surface area contributed by atoms with E-state index in [0.29, 0.717) is 6.42 Å². The summed E-state index contributed by atoms with van der Waals surface area (Å²) < 4.78 is 9.35. The Morgan fingerprint density at radius 3 is 2.41 bits per heavy atom. The molecular formula is C10H18ClNO5. The molecule has 0 aliphatic rings. The van der Waals surface area contributed by atoms with Crippen LogP contribution in [-0.4, -0.2) is 41.5 Å². The summed E-state index contributed by atoms with van der Waals surface area (Å²) in [5.41, 5.74) is -0.585. The van der Waals surface area contributed by atoms with E-state index in [1.165, 1.54) is 0 Å². The number of carboxylic acid groups (broad SMARTS) is 1. The molecule has 0 rings (SSSR count). The molecule has 0 aliphatic carbocycles. The highest BCUT2D eigenvalue weighted by molar-refractivity contribution is 6.18. The molecule has 0 aromatic rings. The van der Waals surface area contributed by atoms with Gasteiger partial charge in [-0.15, -0.1) is 11.6 Å². The second-order valence-corrected chi connectivity index (χ2v) is 4.71. The number of carbonyl (C=O) groups is 2. The summed E-state index contributed by atoms with van der Waals surface area (Å²) in [6.07, 6.45) is -1.64. The van der Waals surface area contributed by atoms with E-state index in [9.17, 15) is 9.59 Å². The minimum Gasteiger partial charge on any atom is -0.450 e. The third-order valence-corrected chi connectivity index (χ3v) is 1.97. The summed E-state index contributed by atoms with van der Waals surface area (Å²) in [4.78, 5) is 21.5. The number of hydrogen-bond acceptors (Lipinski definition) is 4. The van der Waals surface area contributed by atoms with E-state index in [-0.39, 0.29) is 18.5 Å². The van der Waals surface area contributed by atoms with E-state index in [4.69, 9.17) is 21.4 Å². The molecule has 0 aromatic carbocycles. The molecule has 1 atom stereocenters. The Bertz CT molecular complexity index is 264. The van der Waals surface area contributed by atoms with Crippen molar-refractivity contribution in [2.75, 3.05) is 12.5 Å². The van der Waals surface area contributed by atoms with Crippen LogP contribution in [0.3, 0.4) is 0 Å². The third-order valence-electron chi connectivity index (χ3n) is 1.60. The molecule has 0 aromatic heterocycles. The van der Waals surface area contributed by atoms with Crippen LogP contribution in [0.5, 0.6) is 0 Å². The molecule has 17 heavy (non-hydrogen) atoms. The van der Waals surface area contributed by atoms with Crippen LogP contribution < -0.4 is 5.32 Å². The average Bonchev–Trinajstić information content (AvgIpc) is 2.12. The van der Waals surface area contributed by atoms with Crippen LogP contribution in [0.25, 0.3) is 0 Å². The number of rotatable bonds is 5. The first-order valence-electron chi connectivity index (χ1n) is 5.16. The number of hydrogen-bond donors (Lipinski definition) is 2. The molecule has 0 spiro atoms. The van der Waals surface area contributed by atoms with Gasteiger partial charge in [-0.1, -0.05) is 0 Å². The fraction of sp³-hybridized carbons (Fsp3) is 0.800. The van der Waals surface area contributed by atoms with Crippen LogP contribution in [0.2, 0.25) is 0 Å². The van der Waals surface area contributed by atoms with Gasteiger partial charge in [0.15, 0.2) is 0 Å².